The average Bonchev–Trinajstić information content (AvgIpc) is 2.19. The van der Waals surface area contributed by atoms with Crippen molar-refractivity contribution in [3.05, 3.63) is 30.1 Å². The molecule has 0 amide bonds. The summed E-state index contributed by atoms with van der Waals surface area (Å²) in [5.41, 5.74) is 1.15. The highest BCUT2D eigenvalue weighted by molar-refractivity contribution is 5.09. The predicted molar refractivity (Wildman–Crippen MR) is 61.6 cm³/mol. The van der Waals surface area contributed by atoms with Crippen LogP contribution >= 0.6 is 0 Å². The van der Waals surface area contributed by atoms with E-state index < -0.39 is 0 Å². The molecule has 1 heterocycles. The van der Waals surface area contributed by atoms with Gasteiger partial charge in [-0.15, -0.1) is 0 Å². The molecule has 1 aromatic heterocycles. The van der Waals surface area contributed by atoms with Crippen molar-refractivity contribution < 1.29 is 4.74 Å². The van der Waals surface area contributed by atoms with Crippen LogP contribution in [0.2, 0.25) is 0 Å². The lowest BCUT2D eigenvalue weighted by molar-refractivity contribution is -0.00897. The van der Waals surface area contributed by atoms with E-state index in [0.717, 1.165) is 19.7 Å². The summed E-state index contributed by atoms with van der Waals surface area (Å²) in [7, 11) is 0. The molecular weight excluding hydrogens is 188 g/mol. The Bertz CT molecular complexity index is 272. The van der Waals surface area contributed by atoms with Crippen molar-refractivity contribution in [2.45, 2.75) is 32.9 Å². The zero-order chi connectivity index (χ0) is 11.1. The highest BCUT2D eigenvalue weighted by Crippen LogP contribution is 2.07. The molecule has 0 aliphatic heterocycles. The number of rotatable bonds is 6. The molecule has 0 radical (unpaired) electrons. The summed E-state index contributed by atoms with van der Waals surface area (Å²) in [6.07, 6.45) is 3.62. The molecule has 3 nitrogen and oxygen atoms in total. The van der Waals surface area contributed by atoms with Gasteiger partial charge in [0.2, 0.25) is 0 Å². The van der Waals surface area contributed by atoms with E-state index in [4.69, 9.17) is 4.74 Å². The van der Waals surface area contributed by atoms with Gasteiger partial charge in [0.25, 0.3) is 0 Å². The van der Waals surface area contributed by atoms with Crippen LogP contribution in [-0.4, -0.2) is 23.7 Å². The number of aromatic nitrogens is 1. The Morgan fingerprint density at radius 1 is 1.33 bits per heavy atom. The van der Waals surface area contributed by atoms with E-state index in [2.05, 4.69) is 24.1 Å². The van der Waals surface area contributed by atoms with Gasteiger partial charge in [0.15, 0.2) is 0 Å². The molecule has 0 aliphatic carbocycles. The van der Waals surface area contributed by atoms with Gasteiger partial charge < -0.3 is 10.1 Å². The molecule has 0 aliphatic rings. The van der Waals surface area contributed by atoms with Gasteiger partial charge >= 0.3 is 0 Å². The summed E-state index contributed by atoms with van der Waals surface area (Å²) in [6.45, 7) is 8.67. The van der Waals surface area contributed by atoms with Gasteiger partial charge in [0, 0.05) is 32.1 Å². The predicted octanol–water partition coefficient (Wildman–Crippen LogP) is 1.99. The first-order chi connectivity index (χ1) is 7.14. The molecule has 15 heavy (non-hydrogen) atoms. The van der Waals surface area contributed by atoms with Crippen LogP contribution in [-0.2, 0) is 11.3 Å². The molecule has 1 rings (SSSR count). The minimum Gasteiger partial charge on any atom is -0.375 e. The largest absolute Gasteiger partial charge is 0.375 e. The second-order valence-corrected chi connectivity index (χ2v) is 4.15. The van der Waals surface area contributed by atoms with Gasteiger partial charge in [-0.2, -0.15) is 0 Å². The standard InChI is InChI=1S/C12H20N2O/c1-4-15-12(2,3)10-14-9-11-5-7-13-8-6-11/h5-8,14H,4,9-10H2,1-3H3. The lowest BCUT2D eigenvalue weighted by atomic mass is 10.1. The van der Waals surface area contributed by atoms with Gasteiger partial charge in [-0.1, -0.05) is 0 Å². The minimum atomic E-state index is -0.0955. The molecule has 0 atom stereocenters. The van der Waals surface area contributed by atoms with E-state index in [-0.39, 0.29) is 5.60 Å². The van der Waals surface area contributed by atoms with E-state index in [0.29, 0.717) is 0 Å². The quantitative estimate of drug-likeness (QED) is 0.776. The third-order valence-electron chi connectivity index (χ3n) is 2.16. The fraction of sp³-hybridized carbons (Fsp3) is 0.583. The van der Waals surface area contributed by atoms with Crippen LogP contribution in [0.25, 0.3) is 0 Å². The van der Waals surface area contributed by atoms with Crippen LogP contribution < -0.4 is 5.32 Å². The first-order valence-corrected chi connectivity index (χ1v) is 5.37. The van der Waals surface area contributed by atoms with Crippen LogP contribution in [0.5, 0.6) is 0 Å². The number of ether oxygens (including phenoxy) is 1. The molecular formula is C12H20N2O. The second-order valence-electron chi connectivity index (χ2n) is 4.15. The lowest BCUT2D eigenvalue weighted by Crippen LogP contribution is -2.37. The first-order valence-electron chi connectivity index (χ1n) is 5.37. The zero-order valence-electron chi connectivity index (χ0n) is 9.79. The Morgan fingerprint density at radius 2 is 2.00 bits per heavy atom. The van der Waals surface area contributed by atoms with E-state index >= 15 is 0 Å². The van der Waals surface area contributed by atoms with Crippen molar-refractivity contribution in [1.29, 1.82) is 0 Å². The van der Waals surface area contributed by atoms with Crippen LogP contribution in [0, 0.1) is 0 Å². The van der Waals surface area contributed by atoms with E-state index in [9.17, 15) is 0 Å². The highest BCUT2D eigenvalue weighted by Gasteiger charge is 2.16. The Hall–Kier alpha value is -0.930. The summed E-state index contributed by atoms with van der Waals surface area (Å²) in [6, 6.07) is 4.03. The highest BCUT2D eigenvalue weighted by atomic mass is 16.5. The maximum absolute atomic E-state index is 5.59. The van der Waals surface area contributed by atoms with Gasteiger partial charge in [-0.25, -0.2) is 0 Å². The summed E-state index contributed by atoms with van der Waals surface area (Å²) in [5, 5.41) is 3.37. The Morgan fingerprint density at radius 3 is 2.60 bits per heavy atom. The van der Waals surface area contributed by atoms with Crippen LogP contribution in [0.1, 0.15) is 26.3 Å². The molecule has 0 saturated heterocycles. The normalized spacial score (nSPS) is 11.7. The van der Waals surface area contributed by atoms with E-state index in [1.54, 1.807) is 0 Å². The van der Waals surface area contributed by atoms with Crippen molar-refractivity contribution >= 4 is 0 Å². The summed E-state index contributed by atoms with van der Waals surface area (Å²) < 4.78 is 5.59. The van der Waals surface area contributed by atoms with Crippen LogP contribution in [0.3, 0.4) is 0 Å². The van der Waals surface area contributed by atoms with E-state index in [1.807, 2.05) is 31.5 Å². The third kappa shape index (κ3) is 4.91. The number of hydrogen-bond acceptors (Lipinski definition) is 3. The number of nitrogens with one attached hydrogen (secondary N) is 1. The van der Waals surface area contributed by atoms with Crippen molar-refractivity contribution in [1.82, 2.24) is 10.3 Å². The SMILES string of the molecule is CCOC(C)(C)CNCc1ccncc1. The topological polar surface area (TPSA) is 34.1 Å². The third-order valence-corrected chi connectivity index (χ3v) is 2.16. The molecule has 1 aromatic rings. The van der Waals surface area contributed by atoms with Crippen LogP contribution in [0.15, 0.2) is 24.5 Å². The molecule has 3 heteroatoms. The molecule has 84 valence electrons. The van der Waals surface area contributed by atoms with Crippen LogP contribution in [0.4, 0.5) is 0 Å². The Labute approximate surface area is 91.9 Å². The van der Waals surface area contributed by atoms with Gasteiger partial charge in [-0.05, 0) is 38.5 Å². The maximum atomic E-state index is 5.59. The summed E-state index contributed by atoms with van der Waals surface area (Å²) in [4.78, 5) is 3.98. The fourth-order valence-corrected chi connectivity index (χ4v) is 1.45. The maximum Gasteiger partial charge on any atom is 0.0750 e. The Kier molecular flexibility index (Phi) is 4.72. The minimum absolute atomic E-state index is 0.0955. The molecule has 0 bridgehead atoms. The summed E-state index contributed by atoms with van der Waals surface area (Å²) in [5.74, 6) is 0. The number of nitrogens with zero attached hydrogens (tertiary/aromatic N) is 1. The number of pyridine rings is 1. The molecule has 0 saturated carbocycles. The molecule has 0 fully saturated rings. The molecule has 0 aromatic carbocycles. The molecule has 0 spiro atoms. The van der Waals surface area contributed by atoms with Gasteiger partial charge in [0.1, 0.15) is 0 Å². The monoisotopic (exact) mass is 208 g/mol. The second kappa shape index (κ2) is 5.83. The van der Waals surface area contributed by atoms with Gasteiger partial charge in [0.05, 0.1) is 5.60 Å². The summed E-state index contributed by atoms with van der Waals surface area (Å²) >= 11 is 0. The zero-order valence-corrected chi connectivity index (χ0v) is 9.79. The number of hydrogen-bond donors (Lipinski definition) is 1. The molecule has 0 unspecified atom stereocenters. The Balaban J connectivity index is 2.27. The van der Waals surface area contributed by atoms with Gasteiger partial charge in [-0.3, -0.25) is 4.98 Å². The van der Waals surface area contributed by atoms with Crippen molar-refractivity contribution in [3.8, 4) is 0 Å². The first kappa shape index (κ1) is 12.1. The van der Waals surface area contributed by atoms with Crippen molar-refractivity contribution in [2.24, 2.45) is 0 Å². The molecule has 1 N–H and O–H groups in total. The lowest BCUT2D eigenvalue weighted by Gasteiger charge is -2.25. The van der Waals surface area contributed by atoms with Crippen molar-refractivity contribution in [2.75, 3.05) is 13.2 Å². The average molecular weight is 208 g/mol. The smallest absolute Gasteiger partial charge is 0.0750 e. The van der Waals surface area contributed by atoms with Crippen molar-refractivity contribution in [3.63, 3.8) is 0 Å². The van der Waals surface area contributed by atoms with E-state index in [1.165, 1.54) is 5.56 Å². The fourth-order valence-electron chi connectivity index (χ4n) is 1.45.